The van der Waals surface area contributed by atoms with Gasteiger partial charge in [-0.05, 0) is 74.2 Å². The van der Waals surface area contributed by atoms with Crippen LogP contribution in [-0.4, -0.2) is 12.6 Å². The highest BCUT2D eigenvalue weighted by atomic mass is 19.1. The van der Waals surface area contributed by atoms with E-state index in [1.54, 1.807) is 12.1 Å². The molecule has 1 aromatic carbocycles. The van der Waals surface area contributed by atoms with Crippen LogP contribution in [0.25, 0.3) is 0 Å². The fourth-order valence-electron chi connectivity index (χ4n) is 3.46. The van der Waals surface area contributed by atoms with Crippen molar-refractivity contribution >= 4 is 0 Å². The number of rotatable bonds is 4. The molecular weight excluding hydrogens is 237 g/mol. The highest BCUT2D eigenvalue weighted by molar-refractivity contribution is 5.26. The van der Waals surface area contributed by atoms with Crippen LogP contribution in [0.15, 0.2) is 18.2 Å². The van der Waals surface area contributed by atoms with E-state index in [9.17, 15) is 4.39 Å². The lowest BCUT2D eigenvalue weighted by Crippen LogP contribution is -2.37. The lowest BCUT2D eigenvalue weighted by molar-refractivity contribution is 0.240. The van der Waals surface area contributed by atoms with Crippen molar-refractivity contribution in [3.63, 3.8) is 0 Å². The molecule has 1 N–H and O–H groups in total. The predicted molar refractivity (Wildman–Crippen MR) is 78.8 cm³/mol. The second-order valence-corrected chi connectivity index (χ2v) is 6.39. The summed E-state index contributed by atoms with van der Waals surface area (Å²) in [5.41, 5.74) is 2.32. The van der Waals surface area contributed by atoms with Crippen LogP contribution in [0.1, 0.15) is 44.2 Å². The van der Waals surface area contributed by atoms with Gasteiger partial charge in [0.25, 0.3) is 0 Å². The van der Waals surface area contributed by atoms with Gasteiger partial charge >= 0.3 is 0 Å². The molecule has 1 aliphatic carbocycles. The Balaban J connectivity index is 1.80. The molecule has 1 aromatic rings. The molecule has 0 saturated heterocycles. The lowest BCUT2D eigenvalue weighted by atomic mass is 9.80. The minimum Gasteiger partial charge on any atom is -0.314 e. The van der Waals surface area contributed by atoms with Gasteiger partial charge in [-0.25, -0.2) is 4.39 Å². The van der Waals surface area contributed by atoms with Crippen LogP contribution in [0.5, 0.6) is 0 Å². The lowest BCUT2D eigenvalue weighted by Gasteiger charge is -2.32. The van der Waals surface area contributed by atoms with E-state index in [2.05, 4.69) is 19.2 Å². The summed E-state index contributed by atoms with van der Waals surface area (Å²) in [6, 6.07) is 5.77. The molecule has 0 bridgehead atoms. The Morgan fingerprint density at radius 2 is 1.84 bits per heavy atom. The van der Waals surface area contributed by atoms with Gasteiger partial charge in [0.1, 0.15) is 5.82 Å². The van der Waals surface area contributed by atoms with E-state index in [0.29, 0.717) is 6.04 Å². The van der Waals surface area contributed by atoms with Crippen LogP contribution in [0.3, 0.4) is 0 Å². The van der Waals surface area contributed by atoms with Gasteiger partial charge in [0.2, 0.25) is 0 Å². The number of nitrogens with one attached hydrogen (secondary N) is 1. The third-order valence-electron chi connectivity index (χ3n) is 4.31. The maximum absolute atomic E-state index is 13.0. The number of hydrogen-bond donors (Lipinski definition) is 1. The molecule has 0 amide bonds. The zero-order valence-corrected chi connectivity index (χ0v) is 12.4. The minimum absolute atomic E-state index is 0.135. The monoisotopic (exact) mass is 263 g/mol. The highest BCUT2D eigenvalue weighted by Gasteiger charge is 2.23. The summed E-state index contributed by atoms with van der Waals surface area (Å²) in [4.78, 5) is 0. The SMILES string of the molecule is Cc1cc(F)ccc1CCNC1CC(C)CC(C)C1. The normalized spacial score (nSPS) is 27.5. The maximum Gasteiger partial charge on any atom is 0.123 e. The van der Waals surface area contributed by atoms with E-state index < -0.39 is 0 Å². The Bertz CT molecular complexity index is 406. The summed E-state index contributed by atoms with van der Waals surface area (Å²) in [6.45, 7) is 7.70. The zero-order chi connectivity index (χ0) is 13.8. The van der Waals surface area contributed by atoms with Gasteiger partial charge in [-0.3, -0.25) is 0 Å². The number of halogens is 1. The second-order valence-electron chi connectivity index (χ2n) is 6.39. The molecule has 2 heteroatoms. The average Bonchev–Trinajstić information content (AvgIpc) is 2.30. The number of hydrogen-bond acceptors (Lipinski definition) is 1. The molecule has 2 rings (SSSR count). The first kappa shape index (κ1) is 14.5. The molecule has 1 aliphatic rings. The Morgan fingerprint density at radius 1 is 1.16 bits per heavy atom. The van der Waals surface area contributed by atoms with Gasteiger partial charge in [-0.15, -0.1) is 0 Å². The molecule has 0 heterocycles. The minimum atomic E-state index is -0.135. The average molecular weight is 263 g/mol. The van der Waals surface area contributed by atoms with Crippen molar-refractivity contribution in [1.29, 1.82) is 0 Å². The molecule has 19 heavy (non-hydrogen) atoms. The molecule has 0 aliphatic heterocycles. The molecular formula is C17H26FN. The largest absolute Gasteiger partial charge is 0.314 e. The molecule has 1 nitrogen and oxygen atoms in total. The highest BCUT2D eigenvalue weighted by Crippen LogP contribution is 2.28. The van der Waals surface area contributed by atoms with Crippen LogP contribution in [0, 0.1) is 24.6 Å². The van der Waals surface area contributed by atoms with Crippen molar-refractivity contribution in [3.8, 4) is 0 Å². The van der Waals surface area contributed by atoms with E-state index in [0.717, 1.165) is 30.4 Å². The fourth-order valence-corrected chi connectivity index (χ4v) is 3.46. The van der Waals surface area contributed by atoms with Gasteiger partial charge in [-0.2, -0.15) is 0 Å². The summed E-state index contributed by atoms with van der Waals surface area (Å²) in [5.74, 6) is 1.55. The molecule has 106 valence electrons. The third kappa shape index (κ3) is 4.31. The van der Waals surface area contributed by atoms with Crippen molar-refractivity contribution in [2.45, 2.75) is 52.5 Å². The molecule has 2 atom stereocenters. The van der Waals surface area contributed by atoms with E-state index in [-0.39, 0.29) is 5.82 Å². The van der Waals surface area contributed by atoms with Crippen molar-refractivity contribution in [1.82, 2.24) is 5.32 Å². The summed E-state index contributed by atoms with van der Waals surface area (Å²) in [6.07, 6.45) is 4.96. The molecule has 0 aromatic heterocycles. The summed E-state index contributed by atoms with van der Waals surface area (Å²) in [7, 11) is 0. The maximum atomic E-state index is 13.0. The first-order chi connectivity index (χ1) is 9.04. The predicted octanol–water partition coefficient (Wildman–Crippen LogP) is 4.09. The van der Waals surface area contributed by atoms with Gasteiger partial charge in [0.05, 0.1) is 0 Å². The number of benzene rings is 1. The third-order valence-corrected chi connectivity index (χ3v) is 4.31. The Kier molecular flexibility index (Phi) is 4.98. The van der Waals surface area contributed by atoms with Crippen molar-refractivity contribution in [2.75, 3.05) is 6.54 Å². The van der Waals surface area contributed by atoms with Gasteiger partial charge < -0.3 is 5.32 Å². The quantitative estimate of drug-likeness (QED) is 0.862. The van der Waals surface area contributed by atoms with E-state index in [1.807, 2.05) is 13.0 Å². The molecule has 1 fully saturated rings. The summed E-state index contributed by atoms with van der Waals surface area (Å²) < 4.78 is 13.0. The van der Waals surface area contributed by atoms with Gasteiger partial charge in [0.15, 0.2) is 0 Å². The second kappa shape index (κ2) is 6.51. The van der Waals surface area contributed by atoms with Crippen molar-refractivity contribution in [3.05, 3.63) is 35.1 Å². The number of aryl methyl sites for hydroxylation is 1. The molecule has 2 unspecified atom stereocenters. The smallest absolute Gasteiger partial charge is 0.123 e. The van der Waals surface area contributed by atoms with Gasteiger partial charge in [-0.1, -0.05) is 19.9 Å². The van der Waals surface area contributed by atoms with E-state index in [1.165, 1.54) is 24.8 Å². The van der Waals surface area contributed by atoms with Crippen LogP contribution in [-0.2, 0) is 6.42 Å². The summed E-state index contributed by atoms with van der Waals surface area (Å²) in [5, 5.41) is 3.68. The standard InChI is InChI=1S/C17H26FN/c1-12-8-13(2)10-17(9-12)19-7-6-15-4-5-16(18)11-14(15)3/h4-5,11-13,17,19H,6-10H2,1-3H3. The van der Waals surface area contributed by atoms with Crippen molar-refractivity contribution in [2.24, 2.45) is 11.8 Å². The van der Waals surface area contributed by atoms with Gasteiger partial charge in [0, 0.05) is 6.04 Å². The zero-order valence-electron chi connectivity index (χ0n) is 12.4. The van der Waals surface area contributed by atoms with Crippen LogP contribution >= 0.6 is 0 Å². The van der Waals surface area contributed by atoms with Crippen LogP contribution in [0.4, 0.5) is 4.39 Å². The topological polar surface area (TPSA) is 12.0 Å². The summed E-state index contributed by atoms with van der Waals surface area (Å²) >= 11 is 0. The fraction of sp³-hybridized carbons (Fsp3) is 0.647. The Hall–Kier alpha value is -0.890. The molecule has 0 spiro atoms. The van der Waals surface area contributed by atoms with Crippen LogP contribution in [0.2, 0.25) is 0 Å². The Morgan fingerprint density at radius 3 is 2.47 bits per heavy atom. The Labute approximate surface area is 116 Å². The molecule has 0 radical (unpaired) electrons. The van der Waals surface area contributed by atoms with Crippen molar-refractivity contribution < 1.29 is 4.39 Å². The van der Waals surface area contributed by atoms with E-state index in [4.69, 9.17) is 0 Å². The first-order valence-corrected chi connectivity index (χ1v) is 7.53. The molecule has 1 saturated carbocycles. The van der Waals surface area contributed by atoms with Crippen LogP contribution < -0.4 is 5.32 Å². The van der Waals surface area contributed by atoms with E-state index >= 15 is 0 Å². The first-order valence-electron chi connectivity index (χ1n) is 7.53.